The number of nitrogens with two attached hydrogens (primary N) is 1. The van der Waals surface area contributed by atoms with Crippen molar-refractivity contribution in [3.05, 3.63) is 80.8 Å². The first kappa shape index (κ1) is 19.5. The van der Waals surface area contributed by atoms with Crippen LogP contribution in [0.3, 0.4) is 0 Å². The Morgan fingerprint density at radius 2 is 1.83 bits per heavy atom. The zero-order valence-corrected chi connectivity index (χ0v) is 19.1. The standard InChI is InChI=1S/C24H21BrN2O2S/c1-24(2)11-16(28)20-17(12-24)29-22(26)21(19(20)13-7-9-14(25)10-8-13)23-27-15-5-3-4-6-18(15)30-23/h3-10,19H,11-12,26H2,1-2H3. The van der Waals surface area contributed by atoms with E-state index in [1.54, 1.807) is 11.3 Å². The van der Waals surface area contributed by atoms with Gasteiger partial charge in [0.15, 0.2) is 11.7 Å². The van der Waals surface area contributed by atoms with Crippen molar-refractivity contribution >= 4 is 48.8 Å². The summed E-state index contributed by atoms with van der Waals surface area (Å²) < 4.78 is 8.18. The molecule has 1 aliphatic carbocycles. The van der Waals surface area contributed by atoms with E-state index in [-0.39, 0.29) is 17.1 Å². The molecule has 0 bridgehead atoms. The molecule has 0 amide bonds. The second kappa shape index (κ2) is 7.06. The Bertz CT molecular complexity index is 1200. The number of aromatic nitrogens is 1. The maximum Gasteiger partial charge on any atom is 0.197 e. The molecule has 2 aromatic carbocycles. The minimum absolute atomic E-state index is 0.125. The maximum absolute atomic E-state index is 13.3. The Labute approximate surface area is 187 Å². The van der Waals surface area contributed by atoms with Crippen LogP contribution in [0.15, 0.2) is 70.2 Å². The van der Waals surface area contributed by atoms with E-state index >= 15 is 0 Å². The largest absolute Gasteiger partial charge is 0.445 e. The van der Waals surface area contributed by atoms with Gasteiger partial charge in [-0.15, -0.1) is 11.3 Å². The fraction of sp³-hybridized carbons (Fsp3) is 0.250. The summed E-state index contributed by atoms with van der Waals surface area (Å²) in [6.07, 6.45) is 1.18. The third kappa shape index (κ3) is 3.28. The molecule has 0 radical (unpaired) electrons. The van der Waals surface area contributed by atoms with Crippen LogP contribution in [0.1, 0.15) is 43.2 Å². The molecule has 5 rings (SSSR count). The Hall–Kier alpha value is -2.44. The lowest BCUT2D eigenvalue weighted by Crippen LogP contribution is -2.33. The van der Waals surface area contributed by atoms with E-state index in [1.165, 1.54) is 0 Å². The highest BCUT2D eigenvalue weighted by molar-refractivity contribution is 9.10. The number of nitrogens with zero attached hydrogens (tertiary/aromatic N) is 1. The topological polar surface area (TPSA) is 65.2 Å². The number of carbonyl (C=O) groups is 1. The van der Waals surface area contributed by atoms with Gasteiger partial charge in [-0.1, -0.05) is 54.0 Å². The van der Waals surface area contributed by atoms with Crippen molar-refractivity contribution in [1.82, 2.24) is 4.98 Å². The molecule has 4 nitrogen and oxygen atoms in total. The molecule has 152 valence electrons. The second-order valence-electron chi connectivity index (χ2n) is 8.63. The van der Waals surface area contributed by atoms with Crippen LogP contribution in [-0.4, -0.2) is 10.8 Å². The number of hydrogen-bond acceptors (Lipinski definition) is 5. The van der Waals surface area contributed by atoms with Crippen LogP contribution in [0.2, 0.25) is 0 Å². The maximum atomic E-state index is 13.3. The highest BCUT2D eigenvalue weighted by Gasteiger charge is 2.43. The third-order valence-electron chi connectivity index (χ3n) is 5.68. The minimum atomic E-state index is -0.286. The molecular formula is C24H21BrN2O2S. The molecule has 30 heavy (non-hydrogen) atoms. The first-order valence-electron chi connectivity index (χ1n) is 9.87. The SMILES string of the molecule is CC1(C)CC(=O)C2=C(C1)OC(N)=C(c1nc3ccccc3s1)C2c1ccc(Br)cc1. The number of fused-ring (bicyclic) bond motifs is 1. The number of rotatable bonds is 2. The summed E-state index contributed by atoms with van der Waals surface area (Å²) in [5, 5.41) is 0.797. The summed E-state index contributed by atoms with van der Waals surface area (Å²) in [5.74, 6) is 0.879. The first-order chi connectivity index (χ1) is 14.3. The number of benzene rings is 2. The molecule has 1 unspecified atom stereocenters. The molecule has 1 atom stereocenters. The van der Waals surface area contributed by atoms with Gasteiger partial charge in [0.05, 0.1) is 15.8 Å². The van der Waals surface area contributed by atoms with Crippen LogP contribution in [0.25, 0.3) is 15.8 Å². The van der Waals surface area contributed by atoms with Crippen LogP contribution in [0.4, 0.5) is 0 Å². The number of ketones is 1. The molecule has 0 saturated heterocycles. The number of para-hydroxylation sites is 1. The average molecular weight is 481 g/mol. The number of ether oxygens (including phenoxy) is 1. The highest BCUT2D eigenvalue weighted by Crippen LogP contribution is 2.51. The molecule has 2 aliphatic rings. The number of thiazole rings is 1. The normalized spacial score (nSPS) is 21.0. The summed E-state index contributed by atoms with van der Waals surface area (Å²) in [4.78, 5) is 18.2. The van der Waals surface area contributed by atoms with Gasteiger partial charge in [0.25, 0.3) is 0 Å². The van der Waals surface area contributed by atoms with Crippen LogP contribution >= 0.6 is 27.3 Å². The zero-order valence-electron chi connectivity index (χ0n) is 16.7. The number of hydrogen-bond donors (Lipinski definition) is 1. The van der Waals surface area contributed by atoms with E-state index in [4.69, 9.17) is 15.5 Å². The molecule has 6 heteroatoms. The monoisotopic (exact) mass is 480 g/mol. The highest BCUT2D eigenvalue weighted by atomic mass is 79.9. The number of allylic oxidation sites excluding steroid dienone is 3. The van der Waals surface area contributed by atoms with Gasteiger partial charge in [-0.3, -0.25) is 4.79 Å². The molecule has 0 fully saturated rings. The lowest BCUT2D eigenvalue weighted by molar-refractivity contribution is -0.118. The third-order valence-corrected chi connectivity index (χ3v) is 7.28. The zero-order chi connectivity index (χ0) is 21.0. The van der Waals surface area contributed by atoms with Gasteiger partial charge in [-0.05, 0) is 35.2 Å². The second-order valence-corrected chi connectivity index (χ2v) is 10.6. The molecular weight excluding hydrogens is 460 g/mol. The first-order valence-corrected chi connectivity index (χ1v) is 11.5. The summed E-state index contributed by atoms with van der Waals surface area (Å²) >= 11 is 5.09. The van der Waals surface area contributed by atoms with Crippen molar-refractivity contribution in [2.24, 2.45) is 11.1 Å². The van der Waals surface area contributed by atoms with Gasteiger partial charge < -0.3 is 10.5 Å². The van der Waals surface area contributed by atoms with E-state index in [0.717, 1.165) is 36.4 Å². The Morgan fingerprint density at radius 1 is 1.10 bits per heavy atom. The van der Waals surface area contributed by atoms with Gasteiger partial charge in [0, 0.05) is 28.8 Å². The Kier molecular flexibility index (Phi) is 4.60. The quantitative estimate of drug-likeness (QED) is 0.477. The van der Waals surface area contributed by atoms with Crippen LogP contribution < -0.4 is 5.73 Å². The predicted octanol–water partition coefficient (Wildman–Crippen LogP) is 6.14. The smallest absolute Gasteiger partial charge is 0.197 e. The number of halogens is 1. The minimum Gasteiger partial charge on any atom is -0.445 e. The van der Waals surface area contributed by atoms with Crippen LogP contribution in [0.5, 0.6) is 0 Å². The van der Waals surface area contributed by atoms with Crippen molar-refractivity contribution in [3.63, 3.8) is 0 Å². The Balaban J connectivity index is 1.72. The van der Waals surface area contributed by atoms with Crippen molar-refractivity contribution in [1.29, 1.82) is 0 Å². The van der Waals surface area contributed by atoms with Crippen molar-refractivity contribution in [3.8, 4) is 0 Å². The molecule has 0 saturated carbocycles. The van der Waals surface area contributed by atoms with Crippen LogP contribution in [0, 0.1) is 5.41 Å². The molecule has 0 spiro atoms. The van der Waals surface area contributed by atoms with Crippen molar-refractivity contribution < 1.29 is 9.53 Å². The fourth-order valence-electron chi connectivity index (χ4n) is 4.37. The Morgan fingerprint density at radius 3 is 2.57 bits per heavy atom. The van der Waals surface area contributed by atoms with Gasteiger partial charge in [0.1, 0.15) is 10.8 Å². The summed E-state index contributed by atoms with van der Waals surface area (Å²) in [7, 11) is 0. The molecule has 3 aromatic rings. The van der Waals surface area contributed by atoms with E-state index in [9.17, 15) is 4.79 Å². The molecule has 1 aliphatic heterocycles. The fourth-order valence-corrected chi connectivity index (χ4v) is 5.68. The average Bonchev–Trinajstić information content (AvgIpc) is 3.10. The molecule has 2 N–H and O–H groups in total. The van der Waals surface area contributed by atoms with E-state index in [2.05, 4.69) is 29.8 Å². The summed E-state index contributed by atoms with van der Waals surface area (Å²) in [5.41, 5.74) is 9.79. The summed E-state index contributed by atoms with van der Waals surface area (Å²) in [6.45, 7) is 4.19. The molecule has 1 aromatic heterocycles. The number of Topliss-reactive ketones (excluding diaryl/α,β-unsaturated/α-hetero) is 1. The van der Waals surface area contributed by atoms with Crippen molar-refractivity contribution in [2.45, 2.75) is 32.6 Å². The van der Waals surface area contributed by atoms with Gasteiger partial charge in [-0.2, -0.15) is 0 Å². The lowest BCUT2D eigenvalue weighted by Gasteiger charge is -2.38. The van der Waals surface area contributed by atoms with Gasteiger partial charge >= 0.3 is 0 Å². The van der Waals surface area contributed by atoms with E-state index in [0.29, 0.717) is 24.5 Å². The van der Waals surface area contributed by atoms with E-state index < -0.39 is 0 Å². The lowest BCUT2D eigenvalue weighted by atomic mass is 9.70. The van der Waals surface area contributed by atoms with Crippen LogP contribution in [-0.2, 0) is 9.53 Å². The van der Waals surface area contributed by atoms with E-state index in [1.807, 2.05) is 48.5 Å². The van der Waals surface area contributed by atoms with Gasteiger partial charge in [0.2, 0.25) is 0 Å². The van der Waals surface area contributed by atoms with Crippen molar-refractivity contribution in [2.75, 3.05) is 0 Å². The van der Waals surface area contributed by atoms with Gasteiger partial charge in [-0.25, -0.2) is 4.98 Å². The number of carbonyl (C=O) groups excluding carboxylic acids is 1. The predicted molar refractivity (Wildman–Crippen MR) is 124 cm³/mol. The molecule has 2 heterocycles. The summed E-state index contributed by atoms with van der Waals surface area (Å²) in [6, 6.07) is 16.1.